The predicted molar refractivity (Wildman–Crippen MR) is 167 cm³/mol. The molecule has 0 radical (unpaired) electrons. The minimum Gasteiger partial charge on any atom is -0.458 e. The highest BCUT2D eigenvalue weighted by Gasteiger charge is 2.87. The van der Waals surface area contributed by atoms with Crippen LogP contribution in [-0.4, -0.2) is 62.6 Å². The summed E-state index contributed by atoms with van der Waals surface area (Å²) in [4.78, 5) is 39.1. The molecule has 44 heavy (non-hydrogen) atoms. The van der Waals surface area contributed by atoms with E-state index in [1.165, 1.54) is 51.9 Å². The first kappa shape index (κ1) is 34.8. The van der Waals surface area contributed by atoms with Gasteiger partial charge in [-0.3, -0.25) is 14.4 Å². The molecule has 8 unspecified atom stereocenters. The van der Waals surface area contributed by atoms with Gasteiger partial charge in [-0.2, -0.15) is 0 Å². The third-order valence-corrected chi connectivity index (χ3v) is 11.5. The monoisotopic (exact) mass is 616 g/mol. The smallest absolute Gasteiger partial charge is 0.306 e. The molecule has 8 atom stereocenters. The number of carbonyl (C=O) groups is 3. The van der Waals surface area contributed by atoms with Crippen molar-refractivity contribution in [2.24, 2.45) is 29.1 Å². The molecule has 4 aliphatic carbocycles. The number of Topliss-reactive ketones (excluding diaryl/α,β-unsaturated/α-hetero) is 1. The van der Waals surface area contributed by atoms with E-state index in [2.05, 4.69) is 6.92 Å². The Kier molecular flexibility index (Phi) is 10.6. The SMILES string of the molecule is CCCCCCCCCCCCCC(=O)OC12C(OC(C)=O)C(C)C3(O)C(C=C(CO)CC4(O)C(=O)C(C)=CC43)C1C2(C)C. The van der Waals surface area contributed by atoms with Gasteiger partial charge in [0.2, 0.25) is 0 Å². The molecule has 2 saturated carbocycles. The molecular weight excluding hydrogens is 560 g/mol. The number of aliphatic hydroxyl groups excluding tert-OH is 1. The average molecular weight is 617 g/mol. The van der Waals surface area contributed by atoms with Crippen LogP contribution >= 0.6 is 0 Å². The van der Waals surface area contributed by atoms with Crippen LogP contribution in [0.2, 0.25) is 0 Å². The predicted octanol–water partition coefficient (Wildman–Crippen LogP) is 5.75. The van der Waals surface area contributed by atoms with Crippen molar-refractivity contribution in [1.82, 2.24) is 0 Å². The Morgan fingerprint density at radius 2 is 1.52 bits per heavy atom. The van der Waals surface area contributed by atoms with Crippen LogP contribution in [0, 0.1) is 29.1 Å². The van der Waals surface area contributed by atoms with Crippen LogP contribution in [0.15, 0.2) is 23.3 Å². The van der Waals surface area contributed by atoms with Crippen LogP contribution in [-0.2, 0) is 23.9 Å². The first-order chi connectivity index (χ1) is 20.7. The average Bonchev–Trinajstić information content (AvgIpc) is 3.39. The Labute approximate surface area is 263 Å². The lowest BCUT2D eigenvalue weighted by Gasteiger charge is -2.53. The maximum Gasteiger partial charge on any atom is 0.306 e. The molecule has 0 aromatic heterocycles. The van der Waals surface area contributed by atoms with E-state index in [-0.39, 0.29) is 25.4 Å². The molecule has 3 N–H and O–H groups in total. The number of aliphatic hydroxyl groups is 3. The summed E-state index contributed by atoms with van der Waals surface area (Å²) in [7, 11) is 0. The number of unbranched alkanes of at least 4 members (excludes halogenated alkanes) is 10. The molecule has 0 saturated heterocycles. The van der Waals surface area contributed by atoms with E-state index < -0.39 is 63.7 Å². The van der Waals surface area contributed by atoms with Crippen molar-refractivity contribution >= 4 is 17.7 Å². The minimum atomic E-state index is -1.93. The third kappa shape index (κ3) is 5.84. The molecule has 0 aromatic rings. The zero-order valence-electron chi connectivity index (χ0n) is 27.8. The molecule has 0 amide bonds. The zero-order valence-corrected chi connectivity index (χ0v) is 27.8. The molecule has 0 aromatic carbocycles. The van der Waals surface area contributed by atoms with Crippen molar-refractivity contribution in [2.45, 2.75) is 148 Å². The highest BCUT2D eigenvalue weighted by molar-refractivity contribution is 6.04. The van der Waals surface area contributed by atoms with Gasteiger partial charge in [-0.15, -0.1) is 0 Å². The summed E-state index contributed by atoms with van der Waals surface area (Å²) < 4.78 is 12.3. The van der Waals surface area contributed by atoms with Gasteiger partial charge in [0.05, 0.1) is 12.2 Å². The summed E-state index contributed by atoms with van der Waals surface area (Å²) >= 11 is 0. The fourth-order valence-corrected chi connectivity index (χ4v) is 9.18. The normalized spacial score (nSPS) is 36.8. The summed E-state index contributed by atoms with van der Waals surface area (Å²) in [5.74, 6) is -4.30. The third-order valence-electron chi connectivity index (χ3n) is 11.5. The Balaban J connectivity index is 1.50. The van der Waals surface area contributed by atoms with Crippen molar-refractivity contribution in [3.63, 3.8) is 0 Å². The van der Waals surface area contributed by atoms with Crippen molar-refractivity contribution in [2.75, 3.05) is 6.61 Å². The zero-order chi connectivity index (χ0) is 32.5. The lowest BCUT2D eigenvalue weighted by Crippen LogP contribution is -2.66. The van der Waals surface area contributed by atoms with Crippen molar-refractivity contribution < 1.29 is 39.2 Å². The number of rotatable bonds is 15. The second-order valence-corrected chi connectivity index (χ2v) is 14.7. The molecule has 0 bridgehead atoms. The van der Waals surface area contributed by atoms with Crippen LogP contribution in [0.25, 0.3) is 0 Å². The maximum absolute atomic E-state index is 13.4. The Morgan fingerprint density at radius 3 is 2.07 bits per heavy atom. The Bertz CT molecular complexity index is 1150. The van der Waals surface area contributed by atoms with Gasteiger partial charge in [0.15, 0.2) is 11.4 Å². The maximum atomic E-state index is 13.4. The number of carbonyl (C=O) groups excluding carboxylic acids is 3. The van der Waals surface area contributed by atoms with Gasteiger partial charge in [-0.25, -0.2) is 0 Å². The molecule has 4 rings (SSSR count). The van der Waals surface area contributed by atoms with Gasteiger partial charge in [-0.05, 0) is 24.5 Å². The summed E-state index contributed by atoms with van der Waals surface area (Å²) in [6.45, 7) is 10.4. The molecular formula is C36H56O8. The summed E-state index contributed by atoms with van der Waals surface area (Å²) in [5, 5.41) is 34.7. The van der Waals surface area contributed by atoms with Gasteiger partial charge in [0.1, 0.15) is 11.7 Å². The quantitative estimate of drug-likeness (QED) is 0.120. The Morgan fingerprint density at radius 1 is 0.955 bits per heavy atom. The first-order valence-corrected chi connectivity index (χ1v) is 17.1. The van der Waals surface area contributed by atoms with E-state index in [0.29, 0.717) is 17.6 Å². The molecule has 8 heteroatoms. The van der Waals surface area contributed by atoms with Gasteiger partial charge in [0, 0.05) is 48.9 Å². The van der Waals surface area contributed by atoms with E-state index in [1.807, 2.05) is 13.8 Å². The first-order valence-electron chi connectivity index (χ1n) is 17.1. The van der Waals surface area contributed by atoms with E-state index in [9.17, 15) is 29.7 Å². The van der Waals surface area contributed by atoms with Crippen LogP contribution in [0.5, 0.6) is 0 Å². The largest absolute Gasteiger partial charge is 0.458 e. The number of esters is 2. The van der Waals surface area contributed by atoms with Gasteiger partial charge in [0.25, 0.3) is 0 Å². The summed E-state index contributed by atoms with van der Waals surface area (Å²) in [6, 6.07) is 0. The fraction of sp³-hybridized carbons (Fsp3) is 0.806. The van der Waals surface area contributed by atoms with Gasteiger partial charge in [-0.1, -0.05) is 104 Å². The summed E-state index contributed by atoms with van der Waals surface area (Å²) in [5.41, 5.74) is -4.71. The van der Waals surface area contributed by atoms with Crippen molar-refractivity contribution in [1.29, 1.82) is 0 Å². The number of fused-ring (bicyclic) bond motifs is 5. The highest BCUT2D eigenvalue weighted by atomic mass is 16.6. The van der Waals surface area contributed by atoms with Gasteiger partial charge < -0.3 is 24.8 Å². The highest BCUT2D eigenvalue weighted by Crippen LogP contribution is 2.77. The van der Waals surface area contributed by atoms with Crippen LogP contribution in [0.4, 0.5) is 0 Å². The number of hydrogen-bond donors (Lipinski definition) is 3. The molecule has 2 fully saturated rings. The van der Waals surface area contributed by atoms with E-state index in [4.69, 9.17) is 9.47 Å². The van der Waals surface area contributed by atoms with Crippen LogP contribution in [0.1, 0.15) is 125 Å². The number of hydrogen-bond acceptors (Lipinski definition) is 8. The van der Waals surface area contributed by atoms with E-state index in [0.717, 1.165) is 19.3 Å². The van der Waals surface area contributed by atoms with E-state index in [1.54, 1.807) is 26.0 Å². The van der Waals surface area contributed by atoms with Crippen molar-refractivity contribution in [3.8, 4) is 0 Å². The molecule has 0 heterocycles. The van der Waals surface area contributed by atoms with E-state index >= 15 is 0 Å². The summed E-state index contributed by atoms with van der Waals surface area (Å²) in [6.07, 6.45) is 15.5. The van der Waals surface area contributed by atoms with Crippen LogP contribution < -0.4 is 0 Å². The fourth-order valence-electron chi connectivity index (χ4n) is 9.18. The second kappa shape index (κ2) is 13.4. The molecule has 0 aliphatic heterocycles. The molecule has 4 aliphatic rings. The topological polar surface area (TPSA) is 130 Å². The minimum absolute atomic E-state index is 0.108. The molecule has 0 spiro atoms. The molecule has 248 valence electrons. The number of ether oxygens (including phenoxy) is 2. The molecule has 8 nitrogen and oxygen atoms in total. The second-order valence-electron chi connectivity index (χ2n) is 14.7. The lowest BCUT2D eigenvalue weighted by atomic mass is 9.59. The van der Waals surface area contributed by atoms with Crippen LogP contribution in [0.3, 0.4) is 0 Å². The Hall–Kier alpha value is -2.03. The standard InChI is InChI=1S/C36H56O8/c1-7-8-9-10-11-12-13-14-15-16-17-18-29(39)44-36-30(33(36,5)6)27-20-26(22-37)21-34(41)28(19-23(2)31(34)40)35(27,42)24(3)32(36)43-25(4)38/h19-20,24,27-28,30,32,37,41-42H,7-18,21-22H2,1-6H3. The number of ketones is 1. The van der Waals surface area contributed by atoms with Gasteiger partial charge >= 0.3 is 11.9 Å². The van der Waals surface area contributed by atoms with Crippen molar-refractivity contribution in [3.05, 3.63) is 23.3 Å². The lowest BCUT2D eigenvalue weighted by molar-refractivity contribution is -0.228.